The maximum absolute atomic E-state index is 12.7. The van der Waals surface area contributed by atoms with Crippen LogP contribution in [0.1, 0.15) is 32.3 Å². The van der Waals surface area contributed by atoms with Gasteiger partial charge in [0.05, 0.1) is 11.7 Å². The second-order valence-electron chi connectivity index (χ2n) is 7.41. The van der Waals surface area contributed by atoms with Crippen LogP contribution < -0.4 is 10.6 Å². The fraction of sp³-hybridized carbons (Fsp3) is 0.579. The number of hydrogen-bond donors (Lipinski definition) is 2. The van der Waals surface area contributed by atoms with Gasteiger partial charge in [-0.1, -0.05) is 30.3 Å². The number of urea groups is 1. The van der Waals surface area contributed by atoms with Crippen molar-refractivity contribution in [3.05, 3.63) is 35.9 Å². The summed E-state index contributed by atoms with van der Waals surface area (Å²) >= 11 is 0. The van der Waals surface area contributed by atoms with Gasteiger partial charge in [0, 0.05) is 39.0 Å². The maximum atomic E-state index is 12.7. The molecule has 1 spiro atoms. The lowest BCUT2D eigenvalue weighted by molar-refractivity contribution is -0.131. The van der Waals surface area contributed by atoms with Crippen molar-refractivity contribution >= 4 is 11.9 Å². The van der Waals surface area contributed by atoms with Crippen molar-refractivity contribution in [1.29, 1.82) is 0 Å². The Bertz CT molecular complexity index is 624. The molecule has 6 nitrogen and oxygen atoms in total. The van der Waals surface area contributed by atoms with Gasteiger partial charge in [0.1, 0.15) is 0 Å². The van der Waals surface area contributed by atoms with Crippen LogP contribution in [0.2, 0.25) is 0 Å². The molecule has 2 heterocycles. The van der Waals surface area contributed by atoms with Crippen LogP contribution >= 0.6 is 0 Å². The lowest BCUT2D eigenvalue weighted by atomic mass is 9.96. The van der Waals surface area contributed by atoms with Crippen molar-refractivity contribution < 1.29 is 9.59 Å². The predicted molar refractivity (Wildman–Crippen MR) is 97.0 cm³/mol. The number of nitrogens with zero attached hydrogens (tertiary/aromatic N) is 2. The fourth-order valence-corrected chi connectivity index (χ4v) is 3.81. The van der Waals surface area contributed by atoms with Crippen LogP contribution in [0, 0.1) is 0 Å². The Hall–Kier alpha value is -2.08. The Kier molecular flexibility index (Phi) is 4.99. The molecular formula is C19H28N4O2. The van der Waals surface area contributed by atoms with Crippen molar-refractivity contribution in [3.63, 3.8) is 0 Å². The number of piperidine rings is 1. The summed E-state index contributed by atoms with van der Waals surface area (Å²) in [6.45, 7) is 5.23. The number of carbonyl (C=O) groups excluding carboxylic acids is 2. The summed E-state index contributed by atoms with van der Waals surface area (Å²) in [6, 6.07) is 10.0. The molecule has 2 fully saturated rings. The number of rotatable bonds is 3. The zero-order valence-corrected chi connectivity index (χ0v) is 15.3. The van der Waals surface area contributed by atoms with Crippen LogP contribution in [-0.2, 0) is 11.2 Å². The van der Waals surface area contributed by atoms with E-state index in [-0.39, 0.29) is 29.7 Å². The lowest BCUT2D eigenvalue weighted by Gasteiger charge is -2.43. The highest BCUT2D eigenvalue weighted by atomic mass is 16.2. The van der Waals surface area contributed by atoms with Crippen molar-refractivity contribution in [1.82, 2.24) is 20.4 Å². The number of hydrogen-bond acceptors (Lipinski definition) is 3. The third-order valence-electron chi connectivity index (χ3n) is 5.29. The Morgan fingerprint density at radius 1 is 1.28 bits per heavy atom. The molecule has 3 rings (SSSR count). The standard InChI is InChI=1S/C19H28N4O2/c1-14(2)20-18(25)23-11-9-19(10-12-23)21-16(17(24)22(19)3)13-15-7-5-4-6-8-15/h4-8,14,16,21H,9-13H2,1-3H3,(H,20,25). The first-order chi connectivity index (χ1) is 11.9. The molecule has 1 unspecified atom stereocenters. The SMILES string of the molecule is CC(C)NC(=O)N1CCC2(CC1)NC(Cc1ccccc1)C(=O)N2C. The van der Waals surface area contributed by atoms with Crippen LogP contribution in [0.25, 0.3) is 0 Å². The van der Waals surface area contributed by atoms with E-state index in [1.807, 2.05) is 48.9 Å². The molecule has 0 aromatic heterocycles. The van der Waals surface area contributed by atoms with Gasteiger partial charge in [-0.05, 0) is 25.8 Å². The van der Waals surface area contributed by atoms with Gasteiger partial charge in [-0.25, -0.2) is 4.79 Å². The molecule has 2 N–H and O–H groups in total. The molecule has 0 aliphatic carbocycles. The molecule has 0 bridgehead atoms. The largest absolute Gasteiger partial charge is 0.336 e. The predicted octanol–water partition coefficient (Wildman–Crippen LogP) is 1.57. The summed E-state index contributed by atoms with van der Waals surface area (Å²) in [5.74, 6) is 0.143. The number of carbonyl (C=O) groups is 2. The summed E-state index contributed by atoms with van der Waals surface area (Å²) in [7, 11) is 1.88. The van der Waals surface area contributed by atoms with Gasteiger partial charge in [-0.2, -0.15) is 0 Å². The van der Waals surface area contributed by atoms with Crippen molar-refractivity contribution in [2.45, 2.75) is 50.9 Å². The van der Waals surface area contributed by atoms with Crippen molar-refractivity contribution in [2.75, 3.05) is 20.1 Å². The molecular weight excluding hydrogens is 316 g/mol. The highest BCUT2D eigenvalue weighted by Gasteiger charge is 2.49. The first kappa shape index (κ1) is 17.7. The van der Waals surface area contributed by atoms with Crippen LogP contribution in [0.4, 0.5) is 4.79 Å². The van der Waals surface area contributed by atoms with E-state index in [1.165, 1.54) is 0 Å². The molecule has 3 amide bonds. The van der Waals surface area contributed by atoms with Crippen LogP contribution in [0.3, 0.4) is 0 Å². The first-order valence-electron chi connectivity index (χ1n) is 9.06. The van der Waals surface area contributed by atoms with Crippen molar-refractivity contribution in [3.8, 4) is 0 Å². The van der Waals surface area contributed by atoms with Gasteiger partial charge in [0.15, 0.2) is 0 Å². The molecule has 2 aliphatic rings. The second kappa shape index (κ2) is 7.04. The Labute approximate surface area is 149 Å². The van der Waals surface area contributed by atoms with Gasteiger partial charge >= 0.3 is 6.03 Å². The molecule has 2 saturated heterocycles. The zero-order valence-electron chi connectivity index (χ0n) is 15.3. The summed E-state index contributed by atoms with van der Waals surface area (Å²) in [5, 5.41) is 6.51. The monoisotopic (exact) mass is 344 g/mol. The molecule has 0 radical (unpaired) electrons. The van der Waals surface area contributed by atoms with Crippen molar-refractivity contribution in [2.24, 2.45) is 0 Å². The maximum Gasteiger partial charge on any atom is 0.317 e. The average molecular weight is 344 g/mol. The van der Waals surface area contributed by atoms with E-state index in [2.05, 4.69) is 22.8 Å². The van der Waals surface area contributed by atoms with E-state index >= 15 is 0 Å². The number of likely N-dealkylation sites (N-methyl/N-ethyl adjacent to an activating group) is 1. The Morgan fingerprint density at radius 3 is 2.52 bits per heavy atom. The van der Waals surface area contributed by atoms with E-state index in [9.17, 15) is 9.59 Å². The number of benzene rings is 1. The van der Waals surface area contributed by atoms with Gasteiger partial charge in [-0.3, -0.25) is 10.1 Å². The molecule has 6 heteroatoms. The van der Waals surface area contributed by atoms with Gasteiger partial charge in [0.2, 0.25) is 5.91 Å². The van der Waals surface area contributed by atoms with E-state index in [0.717, 1.165) is 18.4 Å². The van der Waals surface area contributed by atoms with Crippen LogP contribution in [0.5, 0.6) is 0 Å². The summed E-state index contributed by atoms with van der Waals surface area (Å²) in [5.41, 5.74) is 0.832. The smallest absolute Gasteiger partial charge is 0.317 e. The number of likely N-dealkylation sites (tertiary alicyclic amines) is 1. The van der Waals surface area contributed by atoms with Crippen LogP contribution in [0.15, 0.2) is 30.3 Å². The molecule has 136 valence electrons. The summed E-state index contributed by atoms with van der Waals surface area (Å²) in [6.07, 6.45) is 2.21. The van der Waals surface area contributed by atoms with E-state index in [1.54, 1.807) is 0 Å². The first-order valence-corrected chi connectivity index (χ1v) is 9.06. The topological polar surface area (TPSA) is 64.7 Å². The molecule has 1 aromatic carbocycles. The summed E-state index contributed by atoms with van der Waals surface area (Å²) < 4.78 is 0. The van der Waals surface area contributed by atoms with Gasteiger partial charge in [0.25, 0.3) is 0 Å². The minimum Gasteiger partial charge on any atom is -0.336 e. The fourth-order valence-electron chi connectivity index (χ4n) is 3.81. The van der Waals surface area contributed by atoms with Gasteiger partial charge < -0.3 is 15.1 Å². The molecule has 2 aliphatic heterocycles. The van der Waals surface area contributed by atoms with E-state index < -0.39 is 0 Å². The quantitative estimate of drug-likeness (QED) is 0.875. The second-order valence-corrected chi connectivity index (χ2v) is 7.41. The Balaban J connectivity index is 1.63. The third kappa shape index (κ3) is 3.63. The van der Waals surface area contributed by atoms with E-state index in [4.69, 9.17) is 0 Å². The van der Waals surface area contributed by atoms with Crippen LogP contribution in [-0.4, -0.2) is 59.6 Å². The molecule has 0 saturated carbocycles. The third-order valence-corrected chi connectivity index (χ3v) is 5.29. The molecule has 25 heavy (non-hydrogen) atoms. The molecule has 1 aromatic rings. The minimum absolute atomic E-state index is 0.0161. The number of amides is 3. The highest BCUT2D eigenvalue weighted by Crippen LogP contribution is 2.32. The molecule has 1 atom stereocenters. The zero-order chi connectivity index (χ0) is 18.0. The highest BCUT2D eigenvalue weighted by molar-refractivity contribution is 5.85. The summed E-state index contributed by atoms with van der Waals surface area (Å²) in [4.78, 5) is 28.6. The lowest BCUT2D eigenvalue weighted by Crippen LogP contribution is -2.59. The number of nitrogens with one attached hydrogen (secondary N) is 2. The minimum atomic E-state index is -0.328. The average Bonchev–Trinajstić information content (AvgIpc) is 2.81. The Morgan fingerprint density at radius 2 is 1.92 bits per heavy atom. The normalized spacial score (nSPS) is 22.7. The van der Waals surface area contributed by atoms with Gasteiger partial charge in [-0.15, -0.1) is 0 Å². The van der Waals surface area contributed by atoms with E-state index in [0.29, 0.717) is 19.5 Å².